The second-order valence-corrected chi connectivity index (χ2v) is 29.6. The lowest BCUT2D eigenvalue weighted by atomic mass is 9.98. The van der Waals surface area contributed by atoms with E-state index in [1.807, 2.05) is 0 Å². The number of nitrogens with one attached hydrogen (secondary N) is 16. The zero-order valence-corrected chi connectivity index (χ0v) is 69.2. The number of H-pyrrole nitrogens is 1. The molecule has 1 aliphatic heterocycles. The number of carbonyl (C=O) groups is 19. The number of benzene rings is 1. The number of hydrogen-bond acceptors (Lipinski definition) is 25. The van der Waals surface area contributed by atoms with Gasteiger partial charge in [0.15, 0.2) is 0 Å². The average molecular weight is 1650 g/mol. The van der Waals surface area contributed by atoms with E-state index < -0.39 is 248 Å². The van der Waals surface area contributed by atoms with Crippen molar-refractivity contribution in [3.8, 4) is 0 Å². The van der Waals surface area contributed by atoms with E-state index in [2.05, 4.69) is 91.7 Å². The van der Waals surface area contributed by atoms with Crippen LogP contribution in [0.4, 0.5) is 0 Å². The van der Waals surface area contributed by atoms with Gasteiger partial charge in [0.25, 0.3) is 0 Å². The van der Waals surface area contributed by atoms with Crippen LogP contribution in [-0.4, -0.2) is 257 Å². The van der Waals surface area contributed by atoms with E-state index in [0.717, 1.165) is 80.8 Å². The molecule has 0 saturated carbocycles. The van der Waals surface area contributed by atoms with E-state index in [9.17, 15) is 86.3 Å². The average Bonchev–Trinajstić information content (AvgIpc) is 1.60. The van der Waals surface area contributed by atoms with E-state index in [-0.39, 0.29) is 45.1 Å². The van der Waals surface area contributed by atoms with Gasteiger partial charge in [0, 0.05) is 49.0 Å². The van der Waals surface area contributed by atoms with Crippen molar-refractivity contribution in [3.63, 3.8) is 0 Å². The summed E-state index contributed by atoms with van der Waals surface area (Å²) >= 11 is 0. The predicted octanol–water partition coefficient (Wildman–Crippen LogP) is -2.56. The van der Waals surface area contributed by atoms with Crippen molar-refractivity contribution in [1.29, 1.82) is 0 Å². The maximum absolute atomic E-state index is 15.1. The summed E-state index contributed by atoms with van der Waals surface area (Å²) < 4.78 is 25.5. The number of unbranched alkanes of at least 4 members (excludes halogenated alkanes) is 6. The Bertz CT molecular complexity index is 3770. The number of methoxy groups -OCH3 is 4. The molecule has 1 aliphatic rings. The molecular formula is C77H120N16O24. The molecule has 14 amide bonds. The molecule has 13 unspecified atom stereocenters. The Hall–Kier alpha value is -11.2. The minimum absolute atomic E-state index is 0.0407. The monoisotopic (exact) mass is 1650 g/mol. The van der Waals surface area contributed by atoms with E-state index >= 15 is 4.79 Å². The second kappa shape index (κ2) is 51.7. The standard InChI is InChI=1S/C77H120N16O24/c1-15-17-18-19-20-21-22-29-57(95)84-51(33-46-38-79-48-27-24-23-26-47(46)48)71(107)88-52(34-58(96)93-77(7,8)9)72(108)90-55(37-63(101)116-14)73(109)92-65-45(6)117-76(112)64(42(3)16-2)91-69(105)50(31-30-43(4)94)86-74(110)56(41-113-11)85-60(98)39-80-67(103)53(35-61(99)114-12)87-66(102)44(5)82-70(106)54(36-62(100)115-13)89-68(104)49(28-25-32-78-10)83-59(97)40-81-75(65)111/h23-24,26-27,38,42,44-45,49-56,64-65,78-79H,15-22,25,28-37,39-41H2,1-14H3,(H,80,103)(H,81,111)(H,82,106)(H,83,97)(H,84,95)(H,85,98)(H,86,110)(H,87,102)(H,88,107)(H,89,104)(H,90,108)(H,91,105)(H,92,109)(H,93,96). The third-order valence-electron chi connectivity index (χ3n) is 18.7. The normalized spacial score (nSPS) is 21.2. The van der Waals surface area contributed by atoms with Gasteiger partial charge in [-0.1, -0.05) is 83.9 Å². The highest BCUT2D eigenvalue weighted by atomic mass is 16.5. The Morgan fingerprint density at radius 3 is 1.68 bits per heavy atom. The van der Waals surface area contributed by atoms with Gasteiger partial charge in [0.05, 0.1) is 66.7 Å². The number of hydrogen-bond donors (Lipinski definition) is 16. The van der Waals surface area contributed by atoms with Crippen molar-refractivity contribution in [2.24, 2.45) is 5.92 Å². The first-order valence-electron chi connectivity index (χ1n) is 39.1. The van der Waals surface area contributed by atoms with Gasteiger partial charge in [0.2, 0.25) is 82.7 Å². The summed E-state index contributed by atoms with van der Waals surface area (Å²) in [6.45, 7) is 11.1. The van der Waals surface area contributed by atoms with Crippen LogP contribution in [0.3, 0.4) is 0 Å². The number of ketones is 1. The van der Waals surface area contributed by atoms with Crippen LogP contribution in [-0.2, 0) is 121 Å². The molecule has 2 heterocycles. The lowest BCUT2D eigenvalue weighted by molar-refractivity contribution is -0.157. The summed E-state index contributed by atoms with van der Waals surface area (Å²) in [4.78, 5) is 269. The van der Waals surface area contributed by atoms with Crippen LogP contribution in [0.25, 0.3) is 10.9 Å². The van der Waals surface area contributed by atoms with Crippen molar-refractivity contribution in [3.05, 3.63) is 36.0 Å². The van der Waals surface area contributed by atoms with E-state index in [1.54, 1.807) is 65.2 Å². The fraction of sp³-hybridized carbons (Fsp3) is 0.649. The van der Waals surface area contributed by atoms with Gasteiger partial charge in [-0.2, -0.15) is 0 Å². The van der Waals surface area contributed by atoms with Crippen molar-refractivity contribution in [1.82, 2.24) is 84.7 Å². The zero-order chi connectivity index (χ0) is 87.6. The molecular weight excluding hydrogens is 1530 g/mol. The number of amides is 14. The van der Waals surface area contributed by atoms with Gasteiger partial charge in [-0.05, 0) is 98.4 Å². The molecule has 0 bridgehead atoms. The molecule has 0 aliphatic carbocycles. The van der Waals surface area contributed by atoms with Crippen molar-refractivity contribution < 1.29 is 115 Å². The maximum Gasteiger partial charge on any atom is 0.329 e. The SMILES string of the molecule is CCCCCCCCCC(=O)NC(Cc1c[nH]c2ccccc12)C(=O)NC(CC(=O)NC(C)(C)C)C(=O)NC(CC(=O)OC)C(=O)NC1C(=O)NCC(=O)NC(CCCNC)C(=O)NC(CC(=O)OC)C(=O)NC(C)C(=O)NC(CC(=O)OC)C(=O)NCC(=O)NC(COC)C(=O)NC(CCC(C)=O)C(=O)NC(C(C)CC)C(=O)OC1C. The minimum atomic E-state index is -2.20. The molecule has 1 fully saturated rings. The molecule has 40 heteroatoms. The Morgan fingerprint density at radius 2 is 1.09 bits per heavy atom. The third-order valence-corrected chi connectivity index (χ3v) is 18.7. The summed E-state index contributed by atoms with van der Waals surface area (Å²) in [5.74, 6) is -21.3. The number of carbonyl (C=O) groups excluding carboxylic acids is 19. The molecule has 0 spiro atoms. The molecule has 652 valence electrons. The molecule has 13 atom stereocenters. The van der Waals surface area contributed by atoms with Gasteiger partial charge >= 0.3 is 23.9 Å². The highest BCUT2D eigenvalue weighted by molar-refractivity contribution is 6.02. The molecule has 1 aromatic heterocycles. The minimum Gasteiger partial charge on any atom is -0.469 e. The van der Waals surface area contributed by atoms with Gasteiger partial charge in [-0.15, -0.1) is 0 Å². The van der Waals surface area contributed by atoms with E-state index in [0.29, 0.717) is 22.9 Å². The van der Waals surface area contributed by atoms with Crippen LogP contribution in [0.1, 0.15) is 177 Å². The largest absolute Gasteiger partial charge is 0.469 e. The Kier molecular flexibility index (Phi) is 44.2. The van der Waals surface area contributed by atoms with Gasteiger partial charge in [0.1, 0.15) is 78.3 Å². The van der Waals surface area contributed by atoms with Crippen LogP contribution in [0.2, 0.25) is 0 Å². The molecule has 2 aromatic rings. The number of para-hydroxylation sites is 1. The highest BCUT2D eigenvalue weighted by Gasteiger charge is 2.41. The quantitative estimate of drug-likeness (QED) is 0.0189. The molecule has 40 nitrogen and oxygen atoms in total. The summed E-state index contributed by atoms with van der Waals surface area (Å²) in [5, 5.41) is 37.5. The molecule has 3 rings (SSSR count). The predicted molar refractivity (Wildman–Crippen MR) is 420 cm³/mol. The highest BCUT2D eigenvalue weighted by Crippen LogP contribution is 2.21. The first-order valence-corrected chi connectivity index (χ1v) is 39.1. The first kappa shape index (κ1) is 100. The van der Waals surface area contributed by atoms with Crippen LogP contribution < -0.4 is 79.8 Å². The van der Waals surface area contributed by atoms with Crippen molar-refractivity contribution in [2.45, 2.75) is 256 Å². The van der Waals surface area contributed by atoms with Gasteiger partial charge in [-0.25, -0.2) is 4.79 Å². The zero-order valence-electron chi connectivity index (χ0n) is 69.2. The fourth-order valence-corrected chi connectivity index (χ4v) is 11.9. The summed E-state index contributed by atoms with van der Waals surface area (Å²) in [6, 6.07) is -12.5. The maximum atomic E-state index is 15.1. The summed E-state index contributed by atoms with van der Waals surface area (Å²) in [5.41, 5.74) is 0.376. The first-order chi connectivity index (χ1) is 55.3. The lowest BCUT2D eigenvalue weighted by Crippen LogP contribution is -2.62. The summed E-state index contributed by atoms with van der Waals surface area (Å²) in [7, 11) is 5.60. The number of fused-ring (bicyclic) bond motifs is 1. The number of cyclic esters (lactones) is 1. The molecule has 1 saturated heterocycles. The Morgan fingerprint density at radius 1 is 0.556 bits per heavy atom. The smallest absolute Gasteiger partial charge is 0.329 e. The number of aromatic amines is 1. The van der Waals surface area contributed by atoms with E-state index in [4.69, 9.17) is 23.7 Å². The van der Waals surface area contributed by atoms with Crippen LogP contribution in [0.15, 0.2) is 30.5 Å². The third kappa shape index (κ3) is 36.7. The van der Waals surface area contributed by atoms with Crippen molar-refractivity contribution >= 4 is 123 Å². The fourth-order valence-electron chi connectivity index (χ4n) is 11.9. The van der Waals surface area contributed by atoms with Crippen molar-refractivity contribution in [2.75, 3.05) is 61.7 Å². The number of ether oxygens (including phenoxy) is 5. The Labute approximate surface area is 679 Å². The summed E-state index contributed by atoms with van der Waals surface area (Å²) in [6.07, 6.45) is 1.56. The van der Waals surface area contributed by atoms with E-state index in [1.165, 1.54) is 13.8 Å². The number of esters is 4. The van der Waals surface area contributed by atoms with Gasteiger partial charge < -0.3 is 113 Å². The topological polar surface area (TPSA) is 567 Å². The molecule has 0 radical (unpaired) electrons. The number of aromatic nitrogens is 1. The number of Topliss-reactive ketones (excluding diaryl/α,β-unsaturated/α-hetero) is 1. The lowest BCUT2D eigenvalue weighted by Gasteiger charge is -2.30. The molecule has 1 aromatic carbocycles. The van der Waals surface area contributed by atoms with Crippen LogP contribution >= 0.6 is 0 Å². The van der Waals surface area contributed by atoms with Gasteiger partial charge in [-0.3, -0.25) is 81.5 Å². The molecule has 117 heavy (non-hydrogen) atoms. The van der Waals surface area contributed by atoms with Crippen LogP contribution in [0, 0.1) is 5.92 Å². The van der Waals surface area contributed by atoms with Crippen LogP contribution in [0.5, 0.6) is 0 Å². The Balaban J connectivity index is 2.29. The molecule has 16 N–H and O–H groups in total. The second-order valence-electron chi connectivity index (χ2n) is 29.6. The number of rotatable bonds is 36.